The second kappa shape index (κ2) is 6.38. The predicted octanol–water partition coefficient (Wildman–Crippen LogP) is 2.26. The van der Waals surface area contributed by atoms with Crippen LogP contribution in [-0.2, 0) is 4.79 Å². The van der Waals surface area contributed by atoms with Gasteiger partial charge in [-0.25, -0.2) is 4.79 Å². The third kappa shape index (κ3) is 4.10. The average Bonchev–Trinajstić information content (AvgIpc) is 2.81. The van der Waals surface area contributed by atoms with Crippen LogP contribution < -0.4 is 4.74 Å². The second-order valence-corrected chi connectivity index (χ2v) is 4.83. The van der Waals surface area contributed by atoms with E-state index in [2.05, 4.69) is 11.9 Å². The third-order valence-electron chi connectivity index (χ3n) is 3.41. The van der Waals surface area contributed by atoms with Crippen LogP contribution in [0.4, 0.5) is 0 Å². The summed E-state index contributed by atoms with van der Waals surface area (Å²) in [5, 5.41) is 8.54. The Hall–Kier alpha value is -1.81. The molecule has 1 aromatic rings. The minimum atomic E-state index is -0.940. The molecule has 0 radical (unpaired) electrons. The number of carboxylic acids is 1. The van der Waals surface area contributed by atoms with Crippen molar-refractivity contribution in [2.45, 2.75) is 18.9 Å². The molecule has 1 aliphatic rings. The Balaban J connectivity index is 1.86. The first-order valence-corrected chi connectivity index (χ1v) is 6.49. The lowest BCUT2D eigenvalue weighted by atomic mass is 10.2. The summed E-state index contributed by atoms with van der Waals surface area (Å²) in [6, 6.07) is 7.96. The monoisotopic (exact) mass is 261 g/mol. The fraction of sp³-hybridized carbons (Fsp3) is 0.400. The summed E-state index contributed by atoms with van der Waals surface area (Å²) in [5.41, 5.74) is 0.854. The van der Waals surface area contributed by atoms with Crippen molar-refractivity contribution in [1.29, 1.82) is 0 Å². The Bertz CT molecular complexity index is 453. The lowest BCUT2D eigenvalue weighted by molar-refractivity contribution is -0.131. The molecule has 0 aliphatic carbocycles. The van der Waals surface area contributed by atoms with Crippen molar-refractivity contribution < 1.29 is 14.6 Å². The number of hydrogen-bond donors (Lipinski definition) is 1. The van der Waals surface area contributed by atoms with Crippen LogP contribution in [0.5, 0.6) is 5.75 Å². The summed E-state index contributed by atoms with van der Waals surface area (Å²) in [4.78, 5) is 12.7. The zero-order chi connectivity index (χ0) is 13.7. The predicted molar refractivity (Wildman–Crippen MR) is 74.3 cm³/mol. The number of aliphatic carboxylic acids is 1. The fourth-order valence-corrected chi connectivity index (χ4v) is 2.22. The van der Waals surface area contributed by atoms with Crippen LogP contribution >= 0.6 is 0 Å². The third-order valence-corrected chi connectivity index (χ3v) is 3.41. The Morgan fingerprint density at radius 1 is 1.47 bits per heavy atom. The van der Waals surface area contributed by atoms with E-state index in [1.807, 2.05) is 24.3 Å². The number of hydrogen-bond acceptors (Lipinski definition) is 3. The molecular formula is C15H19NO3. The highest BCUT2D eigenvalue weighted by Crippen LogP contribution is 2.18. The quantitative estimate of drug-likeness (QED) is 0.826. The number of likely N-dealkylation sites (tertiary alicyclic amines) is 1. The van der Waals surface area contributed by atoms with E-state index in [-0.39, 0.29) is 0 Å². The van der Waals surface area contributed by atoms with E-state index < -0.39 is 5.97 Å². The molecule has 1 heterocycles. The zero-order valence-electron chi connectivity index (χ0n) is 11.1. The van der Waals surface area contributed by atoms with Crippen LogP contribution in [0.2, 0.25) is 0 Å². The lowest BCUT2D eigenvalue weighted by Crippen LogP contribution is -2.30. The molecule has 1 atom stereocenters. The molecule has 4 heteroatoms. The number of benzene rings is 1. The molecule has 0 unspecified atom stereocenters. The van der Waals surface area contributed by atoms with Crippen LogP contribution in [0.15, 0.2) is 30.3 Å². The Morgan fingerprint density at radius 3 is 2.79 bits per heavy atom. The van der Waals surface area contributed by atoms with Crippen LogP contribution in [0, 0.1) is 0 Å². The summed E-state index contributed by atoms with van der Waals surface area (Å²) in [7, 11) is 2.13. The molecule has 0 aromatic heterocycles. The smallest absolute Gasteiger partial charge is 0.328 e. The first-order valence-electron chi connectivity index (χ1n) is 6.49. The maximum absolute atomic E-state index is 10.4. The summed E-state index contributed by atoms with van der Waals surface area (Å²) in [5.74, 6) is -0.114. The highest BCUT2D eigenvalue weighted by molar-refractivity contribution is 5.85. The van der Waals surface area contributed by atoms with Gasteiger partial charge < -0.3 is 14.7 Å². The van der Waals surface area contributed by atoms with Gasteiger partial charge in [0, 0.05) is 12.1 Å². The number of ether oxygens (including phenoxy) is 1. The fourth-order valence-electron chi connectivity index (χ4n) is 2.22. The van der Waals surface area contributed by atoms with Gasteiger partial charge >= 0.3 is 5.97 Å². The molecule has 1 aliphatic heterocycles. The Morgan fingerprint density at radius 2 is 2.21 bits per heavy atom. The molecule has 0 bridgehead atoms. The highest BCUT2D eigenvalue weighted by atomic mass is 16.5. The van der Waals surface area contributed by atoms with Gasteiger partial charge in [-0.2, -0.15) is 0 Å². The van der Waals surface area contributed by atoms with Crippen molar-refractivity contribution in [1.82, 2.24) is 4.90 Å². The largest absolute Gasteiger partial charge is 0.492 e. The highest BCUT2D eigenvalue weighted by Gasteiger charge is 2.21. The molecule has 0 spiro atoms. The number of carbonyl (C=O) groups is 1. The topological polar surface area (TPSA) is 49.8 Å². The van der Waals surface area contributed by atoms with Crippen molar-refractivity contribution in [3.63, 3.8) is 0 Å². The number of nitrogens with zero attached hydrogens (tertiary/aromatic N) is 1. The molecule has 1 aromatic carbocycles. The molecule has 0 saturated carbocycles. The molecule has 102 valence electrons. The van der Waals surface area contributed by atoms with Crippen LogP contribution in [0.3, 0.4) is 0 Å². The van der Waals surface area contributed by atoms with Gasteiger partial charge in [-0.15, -0.1) is 0 Å². The van der Waals surface area contributed by atoms with Crippen LogP contribution in [0.25, 0.3) is 6.08 Å². The average molecular weight is 261 g/mol. The first-order chi connectivity index (χ1) is 9.15. The lowest BCUT2D eigenvalue weighted by Gasteiger charge is -2.19. The minimum Gasteiger partial charge on any atom is -0.492 e. The zero-order valence-corrected chi connectivity index (χ0v) is 11.1. The van der Waals surface area contributed by atoms with E-state index in [1.54, 1.807) is 6.08 Å². The minimum absolute atomic E-state index is 0.506. The molecule has 1 fully saturated rings. The van der Waals surface area contributed by atoms with E-state index >= 15 is 0 Å². The number of likely N-dealkylation sites (N-methyl/N-ethyl adjacent to an activating group) is 1. The molecule has 1 saturated heterocycles. The summed E-state index contributed by atoms with van der Waals surface area (Å²) >= 11 is 0. The van der Waals surface area contributed by atoms with Gasteiger partial charge in [0.1, 0.15) is 12.4 Å². The van der Waals surface area contributed by atoms with Gasteiger partial charge in [0.2, 0.25) is 0 Å². The van der Waals surface area contributed by atoms with Gasteiger partial charge in [0.15, 0.2) is 0 Å². The molecule has 19 heavy (non-hydrogen) atoms. The van der Waals surface area contributed by atoms with E-state index in [0.29, 0.717) is 12.6 Å². The molecular weight excluding hydrogens is 242 g/mol. The standard InChI is InChI=1S/C15H19NO3/c1-16-10-2-3-13(16)11-19-14-7-4-12(5-8-14)6-9-15(17)18/h4-9,13H,2-3,10-11H2,1H3,(H,17,18)/b9-6+/t13-/m0/s1. The summed E-state index contributed by atoms with van der Waals surface area (Å²) in [6.07, 6.45) is 5.12. The van der Waals surface area contributed by atoms with E-state index in [9.17, 15) is 4.79 Å². The van der Waals surface area contributed by atoms with Crippen LogP contribution in [-0.4, -0.2) is 42.2 Å². The molecule has 2 rings (SSSR count). The van der Waals surface area contributed by atoms with Crippen molar-refractivity contribution >= 4 is 12.0 Å². The van der Waals surface area contributed by atoms with E-state index in [1.165, 1.54) is 12.8 Å². The molecule has 0 amide bonds. The van der Waals surface area contributed by atoms with Gasteiger partial charge in [-0.05, 0) is 50.2 Å². The van der Waals surface area contributed by atoms with E-state index in [0.717, 1.165) is 23.9 Å². The van der Waals surface area contributed by atoms with Gasteiger partial charge in [-0.3, -0.25) is 0 Å². The normalized spacial score (nSPS) is 19.9. The van der Waals surface area contributed by atoms with Crippen molar-refractivity contribution in [2.24, 2.45) is 0 Å². The molecule has 1 N–H and O–H groups in total. The van der Waals surface area contributed by atoms with Gasteiger partial charge in [0.25, 0.3) is 0 Å². The van der Waals surface area contributed by atoms with Crippen LogP contribution in [0.1, 0.15) is 18.4 Å². The van der Waals surface area contributed by atoms with Crippen molar-refractivity contribution in [3.05, 3.63) is 35.9 Å². The second-order valence-electron chi connectivity index (χ2n) is 4.83. The number of carboxylic acid groups (broad SMARTS) is 1. The van der Waals surface area contributed by atoms with Crippen molar-refractivity contribution in [2.75, 3.05) is 20.2 Å². The molecule has 4 nitrogen and oxygen atoms in total. The summed E-state index contributed by atoms with van der Waals surface area (Å²) in [6.45, 7) is 1.85. The van der Waals surface area contributed by atoms with Crippen molar-refractivity contribution in [3.8, 4) is 5.75 Å². The SMILES string of the molecule is CN1CCC[C@H]1COc1ccc(/C=C/C(=O)O)cc1. The van der Waals surface area contributed by atoms with E-state index in [4.69, 9.17) is 9.84 Å². The maximum Gasteiger partial charge on any atom is 0.328 e. The maximum atomic E-state index is 10.4. The Kier molecular flexibility index (Phi) is 4.58. The Labute approximate surface area is 113 Å². The summed E-state index contributed by atoms with van der Waals surface area (Å²) < 4.78 is 5.76. The van der Waals surface area contributed by atoms with Gasteiger partial charge in [0.05, 0.1) is 0 Å². The van der Waals surface area contributed by atoms with Gasteiger partial charge in [-0.1, -0.05) is 12.1 Å². The first kappa shape index (κ1) is 13.6. The number of rotatable bonds is 5.